The Morgan fingerprint density at radius 1 is 0.968 bits per heavy atom. The quantitative estimate of drug-likeness (QED) is 0.589. The third kappa shape index (κ3) is 3.55. The fourth-order valence-corrected chi connectivity index (χ4v) is 4.07. The van der Waals surface area contributed by atoms with E-state index >= 15 is 0 Å². The largest absolute Gasteiger partial charge is 0.385 e. The Labute approximate surface area is 180 Å². The minimum absolute atomic E-state index is 0.0881. The van der Waals surface area contributed by atoms with E-state index in [-0.39, 0.29) is 18.4 Å². The first-order valence-electron chi connectivity index (χ1n) is 10.3. The highest BCUT2D eigenvalue weighted by atomic mass is 16.6. The molecule has 0 atom stereocenters. The lowest BCUT2D eigenvalue weighted by atomic mass is 10.0. The van der Waals surface area contributed by atoms with Crippen molar-refractivity contribution < 1.29 is 14.4 Å². The van der Waals surface area contributed by atoms with Crippen molar-refractivity contribution in [1.29, 1.82) is 0 Å². The molecule has 3 heterocycles. The van der Waals surface area contributed by atoms with E-state index in [1.165, 1.54) is 0 Å². The minimum atomic E-state index is -0.197. The zero-order valence-electron chi connectivity index (χ0n) is 17.2. The molecule has 2 N–H and O–H groups in total. The second kappa shape index (κ2) is 7.88. The van der Waals surface area contributed by atoms with Crippen LogP contribution in [0.3, 0.4) is 0 Å². The van der Waals surface area contributed by atoms with Crippen LogP contribution in [0.25, 0.3) is 5.57 Å². The maximum Gasteiger partial charge on any atom is 0.263 e. The van der Waals surface area contributed by atoms with Crippen LogP contribution in [-0.2, 0) is 14.4 Å². The van der Waals surface area contributed by atoms with Crippen molar-refractivity contribution in [3.63, 3.8) is 0 Å². The number of oxime groups is 1. The maximum absolute atomic E-state index is 12.8. The van der Waals surface area contributed by atoms with Gasteiger partial charge in [-0.25, -0.2) is 0 Å². The second-order valence-electron chi connectivity index (χ2n) is 7.82. The highest BCUT2D eigenvalue weighted by Crippen LogP contribution is 2.38. The molecule has 1 fully saturated rings. The van der Waals surface area contributed by atoms with Gasteiger partial charge < -0.3 is 25.3 Å². The minimum Gasteiger partial charge on any atom is -0.385 e. The van der Waals surface area contributed by atoms with E-state index in [4.69, 9.17) is 4.84 Å². The summed E-state index contributed by atoms with van der Waals surface area (Å²) in [6.45, 7) is 2.93. The average molecular weight is 417 g/mol. The van der Waals surface area contributed by atoms with Crippen LogP contribution >= 0.6 is 0 Å². The van der Waals surface area contributed by atoms with Gasteiger partial charge in [0.15, 0.2) is 6.61 Å². The van der Waals surface area contributed by atoms with Crippen molar-refractivity contribution in [3.05, 3.63) is 65.4 Å². The number of hydrogen-bond donors (Lipinski definition) is 2. The molecule has 2 amide bonds. The van der Waals surface area contributed by atoms with Gasteiger partial charge in [-0.3, -0.25) is 9.59 Å². The lowest BCUT2D eigenvalue weighted by Crippen LogP contribution is -2.48. The number of carbonyl (C=O) groups is 2. The third-order valence-electron chi connectivity index (χ3n) is 5.80. The fourth-order valence-electron chi connectivity index (χ4n) is 4.07. The Morgan fingerprint density at radius 3 is 2.35 bits per heavy atom. The first kappa shape index (κ1) is 19.3. The van der Waals surface area contributed by atoms with Crippen molar-refractivity contribution in [2.75, 3.05) is 50.5 Å². The van der Waals surface area contributed by atoms with Crippen molar-refractivity contribution in [3.8, 4) is 0 Å². The van der Waals surface area contributed by atoms with Gasteiger partial charge in [-0.1, -0.05) is 41.6 Å². The number of amides is 2. The van der Waals surface area contributed by atoms with E-state index in [0.29, 0.717) is 30.1 Å². The van der Waals surface area contributed by atoms with Gasteiger partial charge in [0.05, 0.1) is 11.3 Å². The summed E-state index contributed by atoms with van der Waals surface area (Å²) in [5, 5.41) is 10.5. The molecule has 3 aliphatic heterocycles. The van der Waals surface area contributed by atoms with Crippen LogP contribution in [0.2, 0.25) is 0 Å². The number of para-hydroxylation sites is 2. The molecule has 1 saturated heterocycles. The Morgan fingerprint density at radius 2 is 1.61 bits per heavy atom. The molecule has 8 heteroatoms. The first-order valence-corrected chi connectivity index (χ1v) is 10.3. The van der Waals surface area contributed by atoms with Gasteiger partial charge >= 0.3 is 0 Å². The number of fused-ring (bicyclic) bond motifs is 2. The number of rotatable bonds is 3. The molecule has 0 bridgehead atoms. The Balaban J connectivity index is 1.44. The topological polar surface area (TPSA) is 86.3 Å². The van der Waals surface area contributed by atoms with Crippen molar-refractivity contribution >= 4 is 34.5 Å². The molecule has 31 heavy (non-hydrogen) atoms. The molecule has 0 radical (unpaired) electrons. The molecule has 2 aromatic rings. The lowest BCUT2D eigenvalue weighted by Gasteiger charge is -2.32. The fraction of sp³-hybridized carbons (Fsp3) is 0.261. The number of hydrogen-bond acceptors (Lipinski definition) is 6. The summed E-state index contributed by atoms with van der Waals surface area (Å²) in [6, 6.07) is 15.2. The van der Waals surface area contributed by atoms with Gasteiger partial charge in [0, 0.05) is 48.7 Å². The summed E-state index contributed by atoms with van der Waals surface area (Å²) in [5.74, 6) is -0.285. The number of nitrogens with zero attached hydrogens (tertiary/aromatic N) is 3. The number of benzene rings is 2. The molecule has 5 rings (SSSR count). The van der Waals surface area contributed by atoms with E-state index in [0.717, 1.165) is 35.6 Å². The molecule has 8 nitrogen and oxygen atoms in total. The molecule has 0 aliphatic carbocycles. The molecule has 2 aromatic carbocycles. The summed E-state index contributed by atoms with van der Waals surface area (Å²) in [5.41, 5.74) is 4.85. The van der Waals surface area contributed by atoms with Gasteiger partial charge in [-0.2, -0.15) is 0 Å². The summed E-state index contributed by atoms with van der Waals surface area (Å²) in [6.07, 6.45) is 0. The van der Waals surface area contributed by atoms with Gasteiger partial charge in [-0.05, 0) is 19.2 Å². The van der Waals surface area contributed by atoms with Crippen molar-refractivity contribution in [1.82, 2.24) is 9.80 Å². The highest BCUT2D eigenvalue weighted by Gasteiger charge is 2.34. The summed E-state index contributed by atoms with van der Waals surface area (Å²) < 4.78 is 0. The molecule has 3 aliphatic rings. The molecule has 0 spiro atoms. The molecule has 158 valence electrons. The smallest absolute Gasteiger partial charge is 0.263 e. The first-order chi connectivity index (χ1) is 15.1. The number of likely N-dealkylation sites (N-methyl/N-ethyl adjacent to an activating group) is 1. The molecular weight excluding hydrogens is 394 g/mol. The predicted molar refractivity (Wildman–Crippen MR) is 119 cm³/mol. The Hall–Kier alpha value is -3.65. The van der Waals surface area contributed by atoms with E-state index in [2.05, 4.69) is 20.7 Å². The molecule has 0 unspecified atom stereocenters. The van der Waals surface area contributed by atoms with Crippen LogP contribution in [0.15, 0.2) is 59.4 Å². The van der Waals surface area contributed by atoms with Crippen LogP contribution in [0.1, 0.15) is 11.1 Å². The normalized spacial score (nSPS) is 21.5. The zero-order chi connectivity index (χ0) is 21.4. The van der Waals surface area contributed by atoms with Crippen molar-refractivity contribution in [2.45, 2.75) is 0 Å². The second-order valence-corrected chi connectivity index (χ2v) is 7.82. The van der Waals surface area contributed by atoms with Gasteiger partial charge in [-0.15, -0.1) is 0 Å². The summed E-state index contributed by atoms with van der Waals surface area (Å²) in [4.78, 5) is 34.7. The number of nitrogens with one attached hydrogen (secondary N) is 2. The Bertz CT molecular complexity index is 1120. The number of piperazine rings is 1. The monoisotopic (exact) mass is 417 g/mol. The molecule has 0 saturated carbocycles. The maximum atomic E-state index is 12.8. The average Bonchev–Trinajstić information content (AvgIpc) is 3.30. The number of anilines is 2. The van der Waals surface area contributed by atoms with Crippen LogP contribution in [0.5, 0.6) is 0 Å². The number of carbonyl (C=O) groups excluding carboxylic acids is 2. The van der Waals surface area contributed by atoms with Crippen molar-refractivity contribution in [2.24, 2.45) is 5.16 Å². The molecule has 0 aromatic heterocycles. The summed E-state index contributed by atoms with van der Waals surface area (Å²) in [7, 11) is 2.04. The van der Waals surface area contributed by atoms with Gasteiger partial charge in [0.1, 0.15) is 5.71 Å². The SMILES string of the molecule is CN1CCN(C(=O)CO/N=C2/C(=C3/C(=O)Nc4ccccc43)Nc3ccccc32)CC1. The van der Waals surface area contributed by atoms with E-state index in [9.17, 15) is 9.59 Å². The predicted octanol–water partition coefficient (Wildman–Crippen LogP) is 1.97. The van der Waals surface area contributed by atoms with Crippen LogP contribution in [0.4, 0.5) is 11.4 Å². The zero-order valence-corrected chi connectivity index (χ0v) is 17.2. The Kier molecular flexibility index (Phi) is 4.91. The van der Waals surface area contributed by atoms with Crippen LogP contribution in [-0.4, -0.2) is 67.2 Å². The van der Waals surface area contributed by atoms with E-state index < -0.39 is 0 Å². The lowest BCUT2D eigenvalue weighted by molar-refractivity contribution is -0.137. The van der Waals surface area contributed by atoms with Gasteiger partial charge in [0.25, 0.3) is 11.8 Å². The standard InChI is InChI=1S/C23H23N5O3/c1-27-10-12-28(13-11-27)19(29)14-31-26-21-16-7-3-5-9-18(16)24-22(21)20-15-6-2-4-8-17(15)25-23(20)30/h2-9,24H,10-14H2,1H3,(H,25,30)/b22-20-,26-21+. The highest BCUT2D eigenvalue weighted by molar-refractivity contribution is 6.39. The third-order valence-corrected chi connectivity index (χ3v) is 5.80. The van der Waals surface area contributed by atoms with Crippen LogP contribution < -0.4 is 10.6 Å². The summed E-state index contributed by atoms with van der Waals surface area (Å²) >= 11 is 0. The molecular formula is C23H23N5O3. The van der Waals surface area contributed by atoms with E-state index in [1.54, 1.807) is 4.90 Å². The number of allylic oxidation sites excluding steroid dienone is 1. The van der Waals surface area contributed by atoms with Crippen LogP contribution in [0, 0.1) is 0 Å². The van der Waals surface area contributed by atoms with Gasteiger partial charge in [0.2, 0.25) is 0 Å². The van der Waals surface area contributed by atoms with E-state index in [1.807, 2.05) is 55.6 Å².